The Kier molecular flexibility index (Phi) is 5.27. The number of nitrogens with zero attached hydrogens (tertiary/aromatic N) is 1. The molecule has 32 heavy (non-hydrogen) atoms. The largest absolute Gasteiger partial charge is 0.467 e. The number of ketones is 1. The highest BCUT2D eigenvalue weighted by atomic mass is 16.5. The predicted molar refractivity (Wildman–Crippen MR) is 114 cm³/mol. The lowest BCUT2D eigenvalue weighted by molar-refractivity contribution is -0.144. The summed E-state index contributed by atoms with van der Waals surface area (Å²) in [5, 5.41) is 2.44. The Balaban J connectivity index is 1.90. The molecule has 0 spiro atoms. The van der Waals surface area contributed by atoms with Gasteiger partial charge in [0.05, 0.1) is 18.0 Å². The number of carbonyl (C=O) groups excluding carboxylic acids is 3. The van der Waals surface area contributed by atoms with Gasteiger partial charge in [0.1, 0.15) is 17.3 Å². The Morgan fingerprint density at radius 1 is 1.19 bits per heavy atom. The number of methoxy groups -OCH3 is 1. The number of ether oxygens (including phenoxy) is 1. The third-order valence-corrected chi connectivity index (χ3v) is 4.93. The molecule has 0 fully saturated rings. The number of pyridine rings is 1. The number of aromatic nitrogens is 2. The number of hydrogen-bond acceptors (Lipinski definition) is 8. The van der Waals surface area contributed by atoms with Gasteiger partial charge in [-0.15, -0.1) is 0 Å². The van der Waals surface area contributed by atoms with Crippen molar-refractivity contribution >= 4 is 39.7 Å². The number of H-pyrrole nitrogens is 1. The molecule has 1 unspecified atom stereocenters. The van der Waals surface area contributed by atoms with Gasteiger partial charge in [0.25, 0.3) is 0 Å². The maximum atomic E-state index is 13.0. The highest BCUT2D eigenvalue weighted by Crippen LogP contribution is 2.29. The number of Topliss-reactive ketones (excluding diaryl/α,β-unsaturated/α-hetero) is 1. The number of rotatable bonds is 5. The monoisotopic (exact) mass is 435 g/mol. The van der Waals surface area contributed by atoms with Crippen LogP contribution in [0, 0.1) is 0 Å². The van der Waals surface area contributed by atoms with Crippen molar-refractivity contribution in [2.75, 3.05) is 7.11 Å². The van der Waals surface area contributed by atoms with E-state index in [2.05, 4.69) is 20.0 Å². The van der Waals surface area contributed by atoms with Crippen LogP contribution in [0.2, 0.25) is 0 Å². The van der Waals surface area contributed by atoms with Gasteiger partial charge in [-0.1, -0.05) is 6.07 Å². The molecular formula is C22H17N3O7. The van der Waals surface area contributed by atoms with Gasteiger partial charge >= 0.3 is 5.97 Å². The van der Waals surface area contributed by atoms with Crippen molar-refractivity contribution in [1.29, 1.82) is 0 Å². The Morgan fingerprint density at radius 3 is 2.69 bits per heavy atom. The maximum Gasteiger partial charge on any atom is 0.328 e. The van der Waals surface area contributed by atoms with Crippen molar-refractivity contribution in [3.05, 3.63) is 62.5 Å². The minimum Gasteiger partial charge on any atom is -0.467 e. The fourth-order valence-electron chi connectivity index (χ4n) is 3.53. The van der Waals surface area contributed by atoms with Crippen LogP contribution < -0.4 is 16.2 Å². The van der Waals surface area contributed by atoms with Crippen LogP contribution in [-0.4, -0.2) is 40.8 Å². The summed E-state index contributed by atoms with van der Waals surface area (Å²) >= 11 is 0. The number of aromatic amines is 1. The normalized spacial score (nSPS) is 12.1. The summed E-state index contributed by atoms with van der Waals surface area (Å²) in [5.41, 5.74) is -0.169. The molecule has 0 radical (unpaired) electrons. The molecule has 2 aliphatic rings. The quantitative estimate of drug-likeness (QED) is 0.207. The Labute approximate surface area is 179 Å². The highest BCUT2D eigenvalue weighted by molar-refractivity contribution is 6.08. The lowest BCUT2D eigenvalue weighted by atomic mass is 10.0. The number of carbonyl (C=O) groups is 3. The number of hydrogen-bond donors (Lipinski definition) is 2. The van der Waals surface area contributed by atoms with E-state index >= 15 is 0 Å². The van der Waals surface area contributed by atoms with E-state index in [0.717, 1.165) is 7.11 Å². The van der Waals surface area contributed by atoms with Gasteiger partial charge in [0.15, 0.2) is 22.6 Å². The summed E-state index contributed by atoms with van der Waals surface area (Å²) in [6.45, 7) is 1.22. The van der Waals surface area contributed by atoms with E-state index in [-0.39, 0.29) is 45.4 Å². The predicted octanol–water partition coefficient (Wildman–Crippen LogP) is 1.38. The first-order valence-corrected chi connectivity index (χ1v) is 9.56. The number of nitrogens with one attached hydrogen (secondary N) is 2. The van der Waals surface area contributed by atoms with Gasteiger partial charge in [0.2, 0.25) is 11.3 Å². The molecule has 1 aromatic carbocycles. The first-order chi connectivity index (χ1) is 15.3. The molecular weight excluding hydrogens is 418 g/mol. The number of amides is 1. The summed E-state index contributed by atoms with van der Waals surface area (Å²) < 4.78 is 10.5. The van der Waals surface area contributed by atoms with Crippen molar-refractivity contribution in [2.45, 2.75) is 19.4 Å². The lowest BCUT2D eigenvalue weighted by Gasteiger charge is -2.15. The second kappa shape index (κ2) is 8.06. The van der Waals surface area contributed by atoms with Crippen molar-refractivity contribution in [2.24, 2.45) is 0 Å². The standard InChI is InChI=1S/C22H17N3O7/c1-10(26)24-12(22(30)31-2)8-14(28)11-4-3-5-16-19(11)25-21-17(32-16)9-15(29)20-18(21)13(27)6-7-23-20/h3-7,9,12H,8H2,1-2H3,(H,23,27)(H,24,26). The van der Waals surface area contributed by atoms with Crippen molar-refractivity contribution in [3.63, 3.8) is 0 Å². The van der Waals surface area contributed by atoms with E-state index < -0.39 is 34.6 Å². The second-order valence-corrected chi connectivity index (χ2v) is 7.08. The van der Waals surface area contributed by atoms with Crippen molar-refractivity contribution in [3.8, 4) is 11.5 Å². The first-order valence-electron chi connectivity index (χ1n) is 9.56. The molecule has 162 valence electrons. The van der Waals surface area contributed by atoms with Gasteiger partial charge in [-0.2, -0.15) is 0 Å². The average molecular weight is 435 g/mol. The molecule has 1 amide bonds. The minimum absolute atomic E-state index is 0.0496. The smallest absolute Gasteiger partial charge is 0.328 e. The molecule has 1 aliphatic heterocycles. The van der Waals surface area contributed by atoms with Gasteiger partial charge in [0, 0.05) is 37.2 Å². The number of benzene rings is 2. The van der Waals surface area contributed by atoms with Crippen molar-refractivity contribution in [1.82, 2.24) is 15.3 Å². The topological polar surface area (TPSA) is 148 Å². The van der Waals surface area contributed by atoms with Gasteiger partial charge in [-0.05, 0) is 12.1 Å². The third kappa shape index (κ3) is 3.62. The molecule has 2 aromatic rings. The van der Waals surface area contributed by atoms with Crippen LogP contribution in [0.15, 0.2) is 50.5 Å². The average Bonchev–Trinajstić information content (AvgIpc) is 2.76. The molecule has 1 aliphatic carbocycles. The molecule has 10 heteroatoms. The van der Waals surface area contributed by atoms with E-state index in [1.165, 1.54) is 31.3 Å². The summed E-state index contributed by atoms with van der Waals surface area (Å²) in [5.74, 6) is -1.66. The lowest BCUT2D eigenvalue weighted by Crippen LogP contribution is -2.41. The summed E-state index contributed by atoms with van der Waals surface area (Å²) in [7, 11) is 1.15. The molecule has 0 saturated heterocycles. The van der Waals surface area contributed by atoms with E-state index in [9.17, 15) is 24.0 Å². The number of fused-ring (bicyclic) bond motifs is 4. The van der Waals surface area contributed by atoms with Crippen LogP contribution in [0.5, 0.6) is 0 Å². The molecule has 10 nitrogen and oxygen atoms in total. The van der Waals surface area contributed by atoms with E-state index in [4.69, 9.17) is 4.42 Å². The van der Waals surface area contributed by atoms with Gasteiger partial charge in [-0.25, -0.2) is 9.78 Å². The van der Waals surface area contributed by atoms with Crippen LogP contribution in [0.4, 0.5) is 0 Å². The van der Waals surface area contributed by atoms with Gasteiger partial charge in [-0.3, -0.25) is 19.2 Å². The molecule has 2 N–H and O–H groups in total. The van der Waals surface area contributed by atoms with E-state index in [1.807, 2.05) is 0 Å². The minimum atomic E-state index is -1.18. The molecule has 2 heterocycles. The zero-order valence-corrected chi connectivity index (χ0v) is 17.1. The summed E-state index contributed by atoms with van der Waals surface area (Å²) in [6, 6.07) is 5.93. The Hall–Kier alpha value is -4.34. The van der Waals surface area contributed by atoms with Gasteiger partial charge < -0.3 is 19.5 Å². The first kappa shape index (κ1) is 20.9. The highest BCUT2D eigenvalue weighted by Gasteiger charge is 2.26. The van der Waals surface area contributed by atoms with Crippen LogP contribution in [0.1, 0.15) is 23.7 Å². The molecule has 0 saturated carbocycles. The maximum absolute atomic E-state index is 13.0. The number of esters is 1. The Bertz CT molecular complexity index is 1480. The number of para-hydroxylation sites is 1. The zero-order chi connectivity index (χ0) is 23.0. The van der Waals surface area contributed by atoms with E-state index in [0.29, 0.717) is 0 Å². The molecule has 1 atom stereocenters. The zero-order valence-electron chi connectivity index (χ0n) is 17.1. The SMILES string of the molecule is COC(=O)C(CC(=O)c1cccc2oc3cc(=O)c4[nH]ccc(=O)c4c-3nc12)NC(C)=O. The third-order valence-electron chi connectivity index (χ3n) is 4.93. The van der Waals surface area contributed by atoms with Crippen LogP contribution >= 0.6 is 0 Å². The summed E-state index contributed by atoms with van der Waals surface area (Å²) in [6.07, 6.45) is 0.992. The van der Waals surface area contributed by atoms with Crippen LogP contribution in [0.3, 0.4) is 0 Å². The molecule has 1 aromatic heterocycles. The second-order valence-electron chi connectivity index (χ2n) is 7.08. The van der Waals surface area contributed by atoms with Crippen LogP contribution in [-0.2, 0) is 14.3 Å². The molecule has 4 rings (SSSR count). The van der Waals surface area contributed by atoms with E-state index in [1.54, 1.807) is 12.1 Å². The molecule has 0 bridgehead atoms. The fourth-order valence-corrected chi connectivity index (χ4v) is 3.53. The fraction of sp³-hybridized carbons (Fsp3) is 0.182. The summed E-state index contributed by atoms with van der Waals surface area (Å²) in [4.78, 5) is 68.5. The van der Waals surface area contributed by atoms with Crippen molar-refractivity contribution < 1.29 is 23.5 Å². The van der Waals surface area contributed by atoms with Crippen LogP contribution in [0.25, 0.3) is 33.5 Å². The Morgan fingerprint density at radius 2 is 1.97 bits per heavy atom.